The monoisotopic (exact) mass is 294 g/mol. The van der Waals surface area contributed by atoms with Gasteiger partial charge < -0.3 is 4.90 Å². The first kappa shape index (κ1) is 13.3. The Bertz CT molecular complexity index is 510. The molecule has 0 bridgehead atoms. The third-order valence-corrected chi connectivity index (χ3v) is 5.57. The molecule has 0 N–H and O–H groups in total. The van der Waals surface area contributed by atoms with Gasteiger partial charge >= 0.3 is 0 Å². The predicted molar refractivity (Wildman–Crippen MR) is 83.1 cm³/mol. The van der Waals surface area contributed by atoms with Crippen molar-refractivity contribution in [2.24, 2.45) is 4.99 Å². The van der Waals surface area contributed by atoms with Crippen molar-refractivity contribution in [1.82, 2.24) is 4.90 Å². The predicted octanol–water partition coefficient (Wildman–Crippen LogP) is 2.45. The second kappa shape index (κ2) is 6.20. The first-order valence-corrected chi connectivity index (χ1v) is 9.07. The minimum Gasteiger partial charge on any atom is -0.302 e. The van der Waals surface area contributed by atoms with Crippen LogP contribution in [0.1, 0.15) is 12.0 Å². The quantitative estimate of drug-likeness (QED) is 0.855. The maximum absolute atomic E-state index is 11.7. The van der Waals surface area contributed by atoms with Gasteiger partial charge in [-0.3, -0.25) is 0 Å². The largest absolute Gasteiger partial charge is 0.302 e. The van der Waals surface area contributed by atoms with Gasteiger partial charge in [0.25, 0.3) is 0 Å². The molecule has 5 heteroatoms. The number of benzene rings is 1. The van der Waals surface area contributed by atoms with E-state index in [1.54, 1.807) is 0 Å². The average molecular weight is 294 g/mol. The molecule has 0 saturated carbocycles. The molecule has 3 nitrogen and oxygen atoms in total. The average Bonchev–Trinajstić information content (AvgIpc) is 2.82. The highest BCUT2D eigenvalue weighted by atomic mass is 32.2. The van der Waals surface area contributed by atoms with Crippen LogP contribution in [-0.2, 0) is 17.2 Å². The normalized spacial score (nSPS) is 22.6. The molecule has 3 rings (SSSR count). The number of thioether (sulfide) groups is 1. The number of nitrogens with zero attached hydrogens (tertiary/aromatic N) is 2. The Morgan fingerprint density at radius 3 is 3.00 bits per heavy atom. The highest BCUT2D eigenvalue weighted by Crippen LogP contribution is 2.28. The SMILES string of the molecule is O=S1C=Nc2ccc(CCCN3CCSCC3)cc21. The summed E-state index contributed by atoms with van der Waals surface area (Å²) in [7, 11) is -1.02. The Kier molecular flexibility index (Phi) is 4.35. The Morgan fingerprint density at radius 2 is 2.16 bits per heavy atom. The zero-order valence-corrected chi connectivity index (χ0v) is 12.5. The molecule has 19 heavy (non-hydrogen) atoms. The van der Waals surface area contributed by atoms with E-state index in [1.807, 2.05) is 6.07 Å². The van der Waals surface area contributed by atoms with Crippen LogP contribution in [0.15, 0.2) is 28.1 Å². The minimum absolute atomic E-state index is 0.870. The van der Waals surface area contributed by atoms with Gasteiger partial charge in [0.05, 0.1) is 26.9 Å². The Labute approximate surface area is 120 Å². The molecule has 0 amide bonds. The van der Waals surface area contributed by atoms with E-state index in [-0.39, 0.29) is 0 Å². The molecule has 0 spiro atoms. The van der Waals surface area contributed by atoms with Gasteiger partial charge in [0.15, 0.2) is 0 Å². The molecular weight excluding hydrogens is 276 g/mol. The second-order valence-corrected chi connectivity index (χ2v) is 7.36. The zero-order chi connectivity index (χ0) is 13.1. The fourth-order valence-corrected chi connectivity index (χ4v) is 4.37. The molecule has 0 aliphatic carbocycles. The third kappa shape index (κ3) is 3.27. The standard InChI is InChI=1S/C14H18N2OS2/c17-19-11-15-13-4-3-12(10-14(13)19)2-1-5-16-6-8-18-9-7-16/h3-4,10-11H,1-2,5-9H2. The van der Waals surface area contributed by atoms with Crippen LogP contribution in [0.4, 0.5) is 5.69 Å². The van der Waals surface area contributed by atoms with Gasteiger partial charge in [-0.25, -0.2) is 9.20 Å². The summed E-state index contributed by atoms with van der Waals surface area (Å²) in [6.07, 6.45) is 2.24. The van der Waals surface area contributed by atoms with Gasteiger partial charge in [0.1, 0.15) is 0 Å². The van der Waals surface area contributed by atoms with Crippen LogP contribution in [0.2, 0.25) is 0 Å². The maximum Gasteiger partial charge on any atom is 0.0984 e. The lowest BCUT2D eigenvalue weighted by molar-refractivity contribution is 0.299. The molecule has 0 radical (unpaired) electrons. The van der Waals surface area contributed by atoms with Crippen molar-refractivity contribution in [3.8, 4) is 0 Å². The molecule has 1 unspecified atom stereocenters. The molecule has 1 atom stereocenters. The number of hydrogen-bond donors (Lipinski definition) is 0. The third-order valence-electron chi connectivity index (χ3n) is 3.57. The molecule has 1 aromatic carbocycles. The Hall–Kier alpha value is -0.650. The lowest BCUT2D eigenvalue weighted by atomic mass is 10.1. The summed E-state index contributed by atoms with van der Waals surface area (Å²) in [6.45, 7) is 3.64. The number of rotatable bonds is 4. The van der Waals surface area contributed by atoms with E-state index in [1.165, 1.54) is 48.7 Å². The smallest absolute Gasteiger partial charge is 0.0984 e. The summed E-state index contributed by atoms with van der Waals surface area (Å²) in [6, 6.07) is 6.17. The van der Waals surface area contributed by atoms with E-state index >= 15 is 0 Å². The lowest BCUT2D eigenvalue weighted by Gasteiger charge is -2.25. The van der Waals surface area contributed by atoms with Crippen LogP contribution in [0.5, 0.6) is 0 Å². The summed E-state index contributed by atoms with van der Waals surface area (Å²) < 4.78 is 11.7. The van der Waals surface area contributed by atoms with Gasteiger partial charge in [0, 0.05) is 24.6 Å². The molecule has 1 aromatic rings. The topological polar surface area (TPSA) is 32.7 Å². The number of fused-ring (bicyclic) bond motifs is 1. The Morgan fingerprint density at radius 1 is 1.32 bits per heavy atom. The number of aliphatic imine (C=N–C) groups is 1. The van der Waals surface area contributed by atoms with Gasteiger partial charge in [-0.2, -0.15) is 11.8 Å². The molecule has 2 aliphatic rings. The highest BCUT2D eigenvalue weighted by molar-refractivity contribution is 7.99. The summed E-state index contributed by atoms with van der Waals surface area (Å²) in [5, 5.41) is 0. The van der Waals surface area contributed by atoms with Crippen molar-refractivity contribution in [2.45, 2.75) is 17.7 Å². The highest BCUT2D eigenvalue weighted by Gasteiger charge is 2.14. The van der Waals surface area contributed by atoms with Crippen LogP contribution in [0, 0.1) is 0 Å². The Balaban J connectivity index is 1.53. The van der Waals surface area contributed by atoms with Gasteiger partial charge in [0.2, 0.25) is 0 Å². The molecule has 2 aliphatic heterocycles. The van der Waals surface area contributed by atoms with Crippen LogP contribution < -0.4 is 0 Å². The van der Waals surface area contributed by atoms with Crippen LogP contribution in [-0.4, -0.2) is 45.8 Å². The second-order valence-electron chi connectivity index (χ2n) is 4.89. The molecule has 1 saturated heterocycles. The van der Waals surface area contributed by atoms with E-state index in [9.17, 15) is 4.21 Å². The van der Waals surface area contributed by atoms with Gasteiger partial charge in [-0.05, 0) is 37.1 Å². The fraction of sp³-hybridized carbons (Fsp3) is 0.500. The lowest BCUT2D eigenvalue weighted by Crippen LogP contribution is -2.33. The van der Waals surface area contributed by atoms with Crippen LogP contribution >= 0.6 is 11.8 Å². The summed E-state index contributed by atoms with van der Waals surface area (Å²) in [4.78, 5) is 7.57. The van der Waals surface area contributed by atoms with E-state index in [0.717, 1.165) is 17.0 Å². The van der Waals surface area contributed by atoms with Crippen LogP contribution in [0.3, 0.4) is 0 Å². The zero-order valence-electron chi connectivity index (χ0n) is 10.9. The summed E-state index contributed by atoms with van der Waals surface area (Å²) in [5.41, 5.74) is 3.68. The molecule has 1 fully saturated rings. The van der Waals surface area contributed by atoms with Crippen molar-refractivity contribution in [1.29, 1.82) is 0 Å². The fourth-order valence-electron chi connectivity index (χ4n) is 2.47. The van der Waals surface area contributed by atoms with E-state index in [2.05, 4.69) is 33.8 Å². The molecule has 2 heterocycles. The molecular formula is C14H18N2OS2. The van der Waals surface area contributed by atoms with Crippen molar-refractivity contribution >= 4 is 33.8 Å². The van der Waals surface area contributed by atoms with E-state index in [0.29, 0.717) is 0 Å². The number of hydrogen-bond acceptors (Lipinski definition) is 4. The maximum atomic E-state index is 11.7. The minimum atomic E-state index is -1.02. The first-order chi connectivity index (χ1) is 9.33. The van der Waals surface area contributed by atoms with Crippen molar-refractivity contribution < 1.29 is 4.21 Å². The van der Waals surface area contributed by atoms with E-state index in [4.69, 9.17) is 0 Å². The summed E-state index contributed by atoms with van der Waals surface area (Å²) in [5.74, 6) is 2.55. The number of aryl methyl sites for hydroxylation is 1. The van der Waals surface area contributed by atoms with Gasteiger partial charge in [-0.15, -0.1) is 0 Å². The molecule has 0 aromatic heterocycles. The van der Waals surface area contributed by atoms with Crippen LogP contribution in [0.25, 0.3) is 0 Å². The van der Waals surface area contributed by atoms with Crippen molar-refractivity contribution in [3.05, 3.63) is 23.8 Å². The first-order valence-electron chi connectivity index (χ1n) is 6.71. The van der Waals surface area contributed by atoms with Gasteiger partial charge in [-0.1, -0.05) is 6.07 Å². The van der Waals surface area contributed by atoms with Crippen molar-refractivity contribution in [2.75, 3.05) is 31.1 Å². The molecule has 102 valence electrons. The van der Waals surface area contributed by atoms with E-state index < -0.39 is 10.8 Å². The van der Waals surface area contributed by atoms with Crippen molar-refractivity contribution in [3.63, 3.8) is 0 Å². The summed E-state index contributed by atoms with van der Waals surface area (Å²) >= 11 is 2.05.